The minimum absolute atomic E-state index is 0.163. The van der Waals surface area contributed by atoms with E-state index in [1.165, 1.54) is 5.56 Å². The molecule has 3 rings (SSSR count). The molecular weight excluding hydrogens is 292 g/mol. The van der Waals surface area contributed by atoms with Crippen LogP contribution >= 0.6 is 11.3 Å². The summed E-state index contributed by atoms with van der Waals surface area (Å²) in [4.78, 5) is 4.47. The molecule has 0 saturated heterocycles. The van der Waals surface area contributed by atoms with E-state index in [1.807, 2.05) is 41.9 Å². The van der Waals surface area contributed by atoms with Crippen molar-refractivity contribution < 1.29 is 4.74 Å². The van der Waals surface area contributed by atoms with Crippen molar-refractivity contribution >= 4 is 17.0 Å². The SMILES string of the molecule is COc1ccc(N[C@@H](Cc2ccccc2)c2nccs2)cc1. The van der Waals surface area contributed by atoms with E-state index in [0.717, 1.165) is 22.9 Å². The van der Waals surface area contributed by atoms with Crippen molar-refractivity contribution in [1.29, 1.82) is 0 Å². The molecule has 0 spiro atoms. The maximum atomic E-state index is 5.20. The number of benzene rings is 2. The van der Waals surface area contributed by atoms with Crippen LogP contribution in [0.25, 0.3) is 0 Å². The molecule has 0 amide bonds. The van der Waals surface area contributed by atoms with Gasteiger partial charge in [-0.1, -0.05) is 30.3 Å². The Morgan fingerprint density at radius 3 is 2.50 bits per heavy atom. The van der Waals surface area contributed by atoms with Gasteiger partial charge in [-0.05, 0) is 36.2 Å². The van der Waals surface area contributed by atoms with Crippen LogP contribution in [0, 0.1) is 0 Å². The Labute approximate surface area is 134 Å². The van der Waals surface area contributed by atoms with Gasteiger partial charge in [-0.25, -0.2) is 4.98 Å². The highest BCUT2D eigenvalue weighted by atomic mass is 32.1. The van der Waals surface area contributed by atoms with E-state index in [-0.39, 0.29) is 6.04 Å². The summed E-state index contributed by atoms with van der Waals surface area (Å²) in [6.45, 7) is 0. The molecule has 0 bridgehead atoms. The molecule has 22 heavy (non-hydrogen) atoms. The van der Waals surface area contributed by atoms with E-state index in [0.29, 0.717) is 0 Å². The molecule has 4 heteroatoms. The summed E-state index contributed by atoms with van der Waals surface area (Å²) in [7, 11) is 1.68. The first-order chi connectivity index (χ1) is 10.8. The fourth-order valence-corrected chi connectivity index (χ4v) is 3.03. The van der Waals surface area contributed by atoms with Gasteiger partial charge in [-0.3, -0.25) is 0 Å². The van der Waals surface area contributed by atoms with Gasteiger partial charge in [0.1, 0.15) is 10.8 Å². The van der Waals surface area contributed by atoms with Gasteiger partial charge >= 0.3 is 0 Å². The van der Waals surface area contributed by atoms with E-state index >= 15 is 0 Å². The molecule has 0 saturated carbocycles. The Morgan fingerprint density at radius 1 is 1.09 bits per heavy atom. The van der Waals surface area contributed by atoms with Gasteiger partial charge in [0.05, 0.1) is 13.2 Å². The first-order valence-corrected chi connectivity index (χ1v) is 8.07. The zero-order valence-corrected chi connectivity index (χ0v) is 13.2. The Hall–Kier alpha value is -2.33. The molecule has 1 N–H and O–H groups in total. The Balaban J connectivity index is 1.79. The van der Waals surface area contributed by atoms with Gasteiger partial charge in [-0.15, -0.1) is 11.3 Å². The van der Waals surface area contributed by atoms with Crippen LogP contribution in [0.3, 0.4) is 0 Å². The summed E-state index contributed by atoms with van der Waals surface area (Å²) in [5.41, 5.74) is 2.36. The fraction of sp³-hybridized carbons (Fsp3) is 0.167. The van der Waals surface area contributed by atoms with Gasteiger partial charge in [0.25, 0.3) is 0 Å². The topological polar surface area (TPSA) is 34.1 Å². The summed E-state index contributed by atoms with van der Waals surface area (Å²) in [6, 6.07) is 18.6. The summed E-state index contributed by atoms with van der Waals surface area (Å²) < 4.78 is 5.20. The maximum absolute atomic E-state index is 5.20. The van der Waals surface area contributed by atoms with E-state index in [4.69, 9.17) is 4.74 Å². The monoisotopic (exact) mass is 310 g/mol. The van der Waals surface area contributed by atoms with Crippen LogP contribution in [0.4, 0.5) is 5.69 Å². The second-order valence-corrected chi connectivity index (χ2v) is 5.91. The quantitative estimate of drug-likeness (QED) is 0.725. The van der Waals surface area contributed by atoms with Crippen LogP contribution in [-0.4, -0.2) is 12.1 Å². The minimum atomic E-state index is 0.163. The van der Waals surface area contributed by atoms with Gasteiger partial charge in [0, 0.05) is 17.3 Å². The predicted molar refractivity (Wildman–Crippen MR) is 91.6 cm³/mol. The molecule has 3 aromatic rings. The highest BCUT2D eigenvalue weighted by Crippen LogP contribution is 2.26. The number of hydrogen-bond acceptors (Lipinski definition) is 4. The Kier molecular flexibility index (Phi) is 4.71. The number of aromatic nitrogens is 1. The number of ether oxygens (including phenoxy) is 1. The van der Waals surface area contributed by atoms with E-state index < -0.39 is 0 Å². The number of nitrogens with one attached hydrogen (secondary N) is 1. The molecule has 1 atom stereocenters. The first kappa shape index (κ1) is 14.6. The maximum Gasteiger partial charge on any atom is 0.119 e. The molecule has 0 aliphatic carbocycles. The average Bonchev–Trinajstić information content (AvgIpc) is 3.10. The fourth-order valence-electron chi connectivity index (χ4n) is 2.34. The standard InChI is InChI=1S/C18H18N2OS/c1-21-16-9-7-15(8-10-16)20-17(18-19-11-12-22-18)13-14-5-3-2-4-6-14/h2-12,17,20H,13H2,1H3/t17-/m0/s1. The van der Waals surface area contributed by atoms with E-state index in [9.17, 15) is 0 Å². The van der Waals surface area contributed by atoms with Crippen LogP contribution < -0.4 is 10.1 Å². The number of anilines is 1. The van der Waals surface area contributed by atoms with Crippen molar-refractivity contribution in [3.8, 4) is 5.75 Å². The van der Waals surface area contributed by atoms with Crippen LogP contribution in [0.15, 0.2) is 66.2 Å². The lowest BCUT2D eigenvalue weighted by Crippen LogP contribution is -2.13. The van der Waals surface area contributed by atoms with E-state index in [1.54, 1.807) is 18.4 Å². The molecule has 0 radical (unpaired) electrons. The molecule has 1 heterocycles. The van der Waals surface area contributed by atoms with Gasteiger partial charge in [0.15, 0.2) is 0 Å². The lowest BCUT2D eigenvalue weighted by atomic mass is 10.1. The highest BCUT2D eigenvalue weighted by Gasteiger charge is 2.15. The van der Waals surface area contributed by atoms with Crippen LogP contribution in [0.2, 0.25) is 0 Å². The summed E-state index contributed by atoms with van der Waals surface area (Å²) >= 11 is 1.68. The second-order valence-electron chi connectivity index (χ2n) is 4.99. The molecule has 0 aliphatic rings. The van der Waals surface area contributed by atoms with Crippen LogP contribution in [0.5, 0.6) is 5.75 Å². The molecule has 2 aromatic carbocycles. The zero-order valence-electron chi connectivity index (χ0n) is 12.4. The lowest BCUT2D eigenvalue weighted by Gasteiger charge is -2.18. The Morgan fingerprint density at radius 2 is 1.86 bits per heavy atom. The number of hydrogen-bond donors (Lipinski definition) is 1. The zero-order chi connectivity index (χ0) is 15.2. The molecule has 1 aromatic heterocycles. The second kappa shape index (κ2) is 7.09. The summed E-state index contributed by atoms with van der Waals surface area (Å²) in [5, 5.41) is 6.69. The van der Waals surface area contributed by atoms with Crippen molar-refractivity contribution in [3.63, 3.8) is 0 Å². The van der Waals surface area contributed by atoms with Gasteiger partial charge < -0.3 is 10.1 Å². The van der Waals surface area contributed by atoms with Crippen molar-refractivity contribution in [2.45, 2.75) is 12.5 Å². The average molecular weight is 310 g/mol. The van der Waals surface area contributed by atoms with Gasteiger partial charge in [0.2, 0.25) is 0 Å². The van der Waals surface area contributed by atoms with Gasteiger partial charge in [-0.2, -0.15) is 0 Å². The number of methoxy groups -OCH3 is 1. The minimum Gasteiger partial charge on any atom is -0.497 e. The molecule has 0 fully saturated rings. The summed E-state index contributed by atoms with van der Waals surface area (Å²) in [5.74, 6) is 0.861. The predicted octanol–water partition coefficient (Wildman–Crippen LogP) is 4.55. The van der Waals surface area contributed by atoms with Crippen LogP contribution in [0.1, 0.15) is 16.6 Å². The van der Waals surface area contributed by atoms with Crippen LogP contribution in [-0.2, 0) is 6.42 Å². The first-order valence-electron chi connectivity index (χ1n) is 7.19. The van der Waals surface area contributed by atoms with Crippen molar-refractivity contribution in [1.82, 2.24) is 4.98 Å². The number of thiazole rings is 1. The van der Waals surface area contributed by atoms with E-state index in [2.05, 4.69) is 34.6 Å². The van der Waals surface area contributed by atoms with Crippen molar-refractivity contribution in [2.75, 3.05) is 12.4 Å². The third-order valence-corrected chi connectivity index (χ3v) is 4.35. The molecule has 3 nitrogen and oxygen atoms in total. The molecule has 0 aliphatic heterocycles. The Bertz CT molecular complexity index is 681. The van der Waals surface area contributed by atoms with Crippen molar-refractivity contribution in [2.24, 2.45) is 0 Å². The largest absolute Gasteiger partial charge is 0.497 e. The van der Waals surface area contributed by atoms with Crippen molar-refractivity contribution in [3.05, 3.63) is 76.7 Å². The third-order valence-electron chi connectivity index (χ3n) is 3.46. The smallest absolute Gasteiger partial charge is 0.119 e. The number of rotatable bonds is 6. The normalized spacial score (nSPS) is 11.9. The lowest BCUT2D eigenvalue weighted by molar-refractivity contribution is 0.415. The molecule has 112 valence electrons. The highest BCUT2D eigenvalue weighted by molar-refractivity contribution is 7.09. The molecule has 0 unspecified atom stereocenters. The molecular formula is C18H18N2OS. The third kappa shape index (κ3) is 3.65. The summed E-state index contributed by atoms with van der Waals surface area (Å²) in [6.07, 6.45) is 2.76. The number of nitrogens with zero attached hydrogens (tertiary/aromatic N) is 1.